The van der Waals surface area contributed by atoms with Crippen LogP contribution < -0.4 is 16.2 Å². The molecule has 9 heteroatoms. The van der Waals surface area contributed by atoms with Gasteiger partial charge in [-0.25, -0.2) is 4.98 Å². The topological polar surface area (TPSA) is 86.9 Å². The van der Waals surface area contributed by atoms with Crippen molar-refractivity contribution in [1.29, 1.82) is 0 Å². The standard InChI is InChI=1S/C15H15F3N4O2/c1-9-2-4-11(14(24)22-9)13(23)20-7-6-19-12-5-3-10(8-21-12)15(16,17)18/h2-5,8H,6-7H2,1H3,(H,19,21)(H,20,23)(H,22,24). The van der Waals surface area contributed by atoms with E-state index >= 15 is 0 Å². The Morgan fingerprint density at radius 2 is 1.96 bits per heavy atom. The van der Waals surface area contributed by atoms with E-state index in [1.165, 1.54) is 12.1 Å². The first-order chi connectivity index (χ1) is 11.3. The molecule has 0 fully saturated rings. The minimum Gasteiger partial charge on any atom is -0.368 e. The molecule has 0 aliphatic heterocycles. The average molecular weight is 340 g/mol. The number of aryl methyl sites for hydroxylation is 1. The number of H-pyrrole nitrogens is 1. The van der Waals surface area contributed by atoms with Crippen molar-refractivity contribution in [1.82, 2.24) is 15.3 Å². The number of nitrogens with zero attached hydrogens (tertiary/aromatic N) is 1. The highest BCUT2D eigenvalue weighted by Gasteiger charge is 2.30. The van der Waals surface area contributed by atoms with Gasteiger partial charge >= 0.3 is 6.18 Å². The maximum absolute atomic E-state index is 12.4. The van der Waals surface area contributed by atoms with Crippen LogP contribution in [0.15, 0.2) is 35.3 Å². The number of rotatable bonds is 5. The van der Waals surface area contributed by atoms with Gasteiger partial charge in [0.05, 0.1) is 5.56 Å². The van der Waals surface area contributed by atoms with E-state index in [-0.39, 0.29) is 24.5 Å². The first-order valence-electron chi connectivity index (χ1n) is 7.02. The lowest BCUT2D eigenvalue weighted by Gasteiger charge is -2.09. The van der Waals surface area contributed by atoms with Crippen molar-refractivity contribution in [3.05, 3.63) is 57.6 Å². The van der Waals surface area contributed by atoms with E-state index in [2.05, 4.69) is 20.6 Å². The Morgan fingerprint density at radius 1 is 1.21 bits per heavy atom. The predicted octanol–water partition coefficient (Wildman–Crippen LogP) is 1.94. The molecule has 2 heterocycles. The molecule has 0 aliphatic carbocycles. The Bertz CT molecular complexity index is 770. The van der Waals surface area contributed by atoms with Gasteiger partial charge in [-0.15, -0.1) is 0 Å². The van der Waals surface area contributed by atoms with Crippen molar-refractivity contribution < 1.29 is 18.0 Å². The van der Waals surface area contributed by atoms with E-state index in [0.717, 1.165) is 12.3 Å². The fourth-order valence-corrected chi connectivity index (χ4v) is 1.88. The van der Waals surface area contributed by atoms with Crippen LogP contribution in [0.3, 0.4) is 0 Å². The molecule has 0 aliphatic rings. The van der Waals surface area contributed by atoms with Crippen LogP contribution in [0.5, 0.6) is 0 Å². The second-order valence-electron chi connectivity index (χ2n) is 5.00. The minimum atomic E-state index is -4.43. The van der Waals surface area contributed by atoms with Crippen LogP contribution in [0.1, 0.15) is 21.6 Å². The number of pyridine rings is 2. The molecule has 2 aromatic heterocycles. The molecule has 3 N–H and O–H groups in total. The van der Waals surface area contributed by atoms with Crippen LogP contribution in [0.2, 0.25) is 0 Å². The lowest BCUT2D eigenvalue weighted by molar-refractivity contribution is -0.137. The van der Waals surface area contributed by atoms with Gasteiger partial charge in [0.25, 0.3) is 11.5 Å². The summed E-state index contributed by atoms with van der Waals surface area (Å²) in [6.07, 6.45) is -3.70. The highest BCUT2D eigenvalue weighted by molar-refractivity contribution is 5.93. The predicted molar refractivity (Wildman–Crippen MR) is 81.9 cm³/mol. The number of alkyl halides is 3. The molecule has 0 unspecified atom stereocenters. The number of halogens is 3. The maximum Gasteiger partial charge on any atom is 0.417 e. The van der Waals surface area contributed by atoms with Crippen LogP contribution in [0.4, 0.5) is 19.0 Å². The van der Waals surface area contributed by atoms with Gasteiger partial charge < -0.3 is 15.6 Å². The summed E-state index contributed by atoms with van der Waals surface area (Å²) in [6, 6.07) is 5.16. The Kier molecular flexibility index (Phi) is 5.22. The van der Waals surface area contributed by atoms with Crippen LogP contribution >= 0.6 is 0 Å². The molecule has 24 heavy (non-hydrogen) atoms. The highest BCUT2D eigenvalue weighted by Crippen LogP contribution is 2.28. The van der Waals surface area contributed by atoms with E-state index < -0.39 is 23.2 Å². The van der Waals surface area contributed by atoms with Crippen LogP contribution in [0.25, 0.3) is 0 Å². The zero-order valence-electron chi connectivity index (χ0n) is 12.7. The smallest absolute Gasteiger partial charge is 0.368 e. The summed E-state index contributed by atoms with van der Waals surface area (Å²) in [6.45, 7) is 2.12. The summed E-state index contributed by atoms with van der Waals surface area (Å²) in [5.74, 6) is -0.274. The Hall–Kier alpha value is -2.84. The van der Waals surface area contributed by atoms with Gasteiger partial charge in [0.15, 0.2) is 0 Å². The summed E-state index contributed by atoms with van der Waals surface area (Å²) < 4.78 is 37.2. The molecule has 0 radical (unpaired) electrons. The third kappa shape index (κ3) is 4.58. The normalized spacial score (nSPS) is 11.2. The van der Waals surface area contributed by atoms with E-state index in [0.29, 0.717) is 5.69 Å². The number of nitrogens with one attached hydrogen (secondary N) is 3. The van der Waals surface area contributed by atoms with Gasteiger partial charge in [-0.2, -0.15) is 13.2 Å². The van der Waals surface area contributed by atoms with E-state index in [9.17, 15) is 22.8 Å². The van der Waals surface area contributed by atoms with Gasteiger partial charge in [0.2, 0.25) is 0 Å². The van der Waals surface area contributed by atoms with Crippen molar-refractivity contribution in [2.75, 3.05) is 18.4 Å². The second-order valence-corrected chi connectivity index (χ2v) is 5.00. The van der Waals surface area contributed by atoms with Gasteiger partial charge in [-0.05, 0) is 31.2 Å². The summed E-state index contributed by atoms with van der Waals surface area (Å²) in [5, 5.41) is 5.31. The second kappa shape index (κ2) is 7.16. The molecule has 1 amide bonds. The SMILES string of the molecule is Cc1ccc(C(=O)NCCNc2ccc(C(F)(F)F)cn2)c(=O)[nH]1. The fourth-order valence-electron chi connectivity index (χ4n) is 1.88. The van der Waals surface area contributed by atoms with Crippen molar-refractivity contribution >= 4 is 11.7 Å². The molecule has 0 spiro atoms. The molecule has 0 bridgehead atoms. The largest absolute Gasteiger partial charge is 0.417 e. The van der Waals surface area contributed by atoms with Gasteiger partial charge in [0, 0.05) is 25.0 Å². The van der Waals surface area contributed by atoms with E-state index in [4.69, 9.17) is 0 Å². The van der Waals surface area contributed by atoms with Crippen molar-refractivity contribution in [3.8, 4) is 0 Å². The average Bonchev–Trinajstić information content (AvgIpc) is 2.51. The highest BCUT2D eigenvalue weighted by atomic mass is 19.4. The molecule has 0 saturated carbocycles. The third-order valence-electron chi connectivity index (χ3n) is 3.11. The molecule has 0 saturated heterocycles. The van der Waals surface area contributed by atoms with Crippen LogP contribution in [0, 0.1) is 6.92 Å². The lowest BCUT2D eigenvalue weighted by Crippen LogP contribution is -2.33. The van der Waals surface area contributed by atoms with Gasteiger partial charge in [-0.1, -0.05) is 0 Å². The molecular formula is C15H15F3N4O2. The number of aromatic amines is 1. The van der Waals surface area contributed by atoms with E-state index in [1.54, 1.807) is 13.0 Å². The summed E-state index contributed by atoms with van der Waals surface area (Å²) in [7, 11) is 0. The van der Waals surface area contributed by atoms with E-state index in [1.807, 2.05) is 0 Å². The minimum absolute atomic E-state index is 0.00625. The first kappa shape index (κ1) is 17.5. The Balaban J connectivity index is 1.82. The quantitative estimate of drug-likeness (QED) is 0.726. The molecule has 0 aromatic carbocycles. The summed E-state index contributed by atoms with van der Waals surface area (Å²) in [5.41, 5.74) is -0.676. The number of hydrogen-bond acceptors (Lipinski definition) is 4. The third-order valence-corrected chi connectivity index (χ3v) is 3.11. The van der Waals surface area contributed by atoms with Crippen molar-refractivity contribution in [3.63, 3.8) is 0 Å². The summed E-state index contributed by atoms with van der Waals surface area (Å²) in [4.78, 5) is 29.6. The number of carbonyl (C=O) groups is 1. The maximum atomic E-state index is 12.4. The Morgan fingerprint density at radius 3 is 2.54 bits per heavy atom. The zero-order chi connectivity index (χ0) is 17.7. The number of amides is 1. The van der Waals surface area contributed by atoms with Crippen molar-refractivity contribution in [2.24, 2.45) is 0 Å². The lowest BCUT2D eigenvalue weighted by atomic mass is 10.2. The zero-order valence-corrected chi connectivity index (χ0v) is 12.7. The monoisotopic (exact) mass is 340 g/mol. The molecule has 128 valence electrons. The Labute approximate surface area is 135 Å². The van der Waals surface area contributed by atoms with Crippen LogP contribution in [-0.2, 0) is 6.18 Å². The number of aromatic nitrogens is 2. The number of anilines is 1. The van der Waals surface area contributed by atoms with Crippen molar-refractivity contribution in [2.45, 2.75) is 13.1 Å². The molecular weight excluding hydrogens is 325 g/mol. The molecule has 6 nitrogen and oxygen atoms in total. The number of hydrogen-bond donors (Lipinski definition) is 3. The first-order valence-corrected chi connectivity index (χ1v) is 7.02. The van der Waals surface area contributed by atoms with Gasteiger partial charge in [0.1, 0.15) is 11.4 Å². The van der Waals surface area contributed by atoms with Gasteiger partial charge in [-0.3, -0.25) is 9.59 Å². The number of carbonyl (C=O) groups excluding carboxylic acids is 1. The molecule has 2 aromatic rings. The molecule has 0 atom stereocenters. The summed E-state index contributed by atoms with van der Waals surface area (Å²) >= 11 is 0. The molecule has 2 rings (SSSR count). The van der Waals surface area contributed by atoms with Crippen LogP contribution in [-0.4, -0.2) is 29.0 Å². The fraction of sp³-hybridized carbons (Fsp3) is 0.267.